The number of hydrogen-bond acceptors (Lipinski definition) is 6. The van der Waals surface area contributed by atoms with Crippen LogP contribution in [0.25, 0.3) is 0 Å². The monoisotopic (exact) mass is 514 g/mol. The fourth-order valence-corrected chi connectivity index (χ4v) is 5.32. The molecule has 3 rings (SSSR count). The molecule has 2 aliphatic rings. The van der Waals surface area contributed by atoms with Gasteiger partial charge in [0.25, 0.3) is 0 Å². The van der Waals surface area contributed by atoms with Crippen molar-refractivity contribution in [3.8, 4) is 0 Å². The van der Waals surface area contributed by atoms with E-state index in [0.717, 1.165) is 57.2 Å². The smallest absolute Gasteiger partial charge is 0.317 e. The molecule has 1 aliphatic carbocycles. The van der Waals surface area contributed by atoms with E-state index in [2.05, 4.69) is 21.3 Å². The molecule has 37 heavy (non-hydrogen) atoms. The fourth-order valence-electron chi connectivity index (χ4n) is 5.32. The minimum Gasteiger partial charge on any atom is -0.480 e. The van der Waals surface area contributed by atoms with Crippen molar-refractivity contribution < 1.29 is 19.5 Å². The van der Waals surface area contributed by atoms with Crippen molar-refractivity contribution in [1.82, 2.24) is 21.3 Å². The highest BCUT2D eigenvalue weighted by Crippen LogP contribution is 2.27. The van der Waals surface area contributed by atoms with Crippen molar-refractivity contribution in [3.05, 3.63) is 35.4 Å². The Hall–Kier alpha value is -2.98. The number of rotatable bonds is 13. The molecule has 10 heteroatoms. The maximum Gasteiger partial charge on any atom is 0.317 e. The van der Waals surface area contributed by atoms with Crippen LogP contribution in [0.3, 0.4) is 0 Å². The molecule has 8 N–H and O–H groups in total. The van der Waals surface area contributed by atoms with E-state index >= 15 is 0 Å². The highest BCUT2D eigenvalue weighted by Gasteiger charge is 2.30. The fraction of sp³-hybridized carbons (Fsp3) is 0.630. The zero-order valence-electron chi connectivity index (χ0n) is 21.6. The first-order valence-corrected chi connectivity index (χ1v) is 13.5. The summed E-state index contributed by atoms with van der Waals surface area (Å²) in [6.45, 7) is 1.77. The Balaban J connectivity index is 1.66. The third-order valence-electron chi connectivity index (χ3n) is 7.50. The molecule has 2 amide bonds. The van der Waals surface area contributed by atoms with Crippen LogP contribution in [0.2, 0.25) is 0 Å². The predicted molar refractivity (Wildman–Crippen MR) is 142 cm³/mol. The number of carbonyl (C=O) groups excluding carboxylic acids is 2. The first-order chi connectivity index (χ1) is 17.8. The number of carboxylic acids is 1. The second kappa shape index (κ2) is 14.7. The molecule has 1 aliphatic heterocycles. The Kier molecular flexibility index (Phi) is 11.3. The van der Waals surface area contributed by atoms with Gasteiger partial charge in [0.1, 0.15) is 11.9 Å². The summed E-state index contributed by atoms with van der Waals surface area (Å²) in [4.78, 5) is 37.8. The molecule has 0 bridgehead atoms. The van der Waals surface area contributed by atoms with Crippen LogP contribution in [0.5, 0.6) is 0 Å². The molecule has 204 valence electrons. The molecule has 1 heterocycles. The summed E-state index contributed by atoms with van der Waals surface area (Å²) in [5.41, 5.74) is 6.99. The van der Waals surface area contributed by atoms with Crippen molar-refractivity contribution in [3.63, 3.8) is 0 Å². The molecule has 1 saturated carbocycles. The molecule has 1 aromatic carbocycles. The summed E-state index contributed by atoms with van der Waals surface area (Å²) >= 11 is 0. The molecule has 0 radical (unpaired) electrons. The van der Waals surface area contributed by atoms with Gasteiger partial charge in [0.15, 0.2) is 0 Å². The SMILES string of the molecule is N=C(N)c1ccc(CNC(=O)C(CC2CCNCC2)NC(=O)[C@@H](CC2CCCCC2)NCC(=O)O)cc1. The van der Waals surface area contributed by atoms with Gasteiger partial charge in [-0.2, -0.15) is 0 Å². The van der Waals surface area contributed by atoms with E-state index in [1.54, 1.807) is 12.1 Å². The number of piperidine rings is 1. The zero-order chi connectivity index (χ0) is 26.6. The van der Waals surface area contributed by atoms with E-state index in [-0.39, 0.29) is 24.2 Å². The lowest BCUT2D eigenvalue weighted by Gasteiger charge is -2.30. The maximum absolute atomic E-state index is 13.4. The Morgan fingerprint density at radius 1 is 0.946 bits per heavy atom. The number of amidine groups is 1. The molecule has 0 spiro atoms. The van der Waals surface area contributed by atoms with Gasteiger partial charge in [0.05, 0.1) is 12.6 Å². The second-order valence-electron chi connectivity index (χ2n) is 10.4. The minimum absolute atomic E-state index is 0.0142. The first-order valence-electron chi connectivity index (χ1n) is 13.5. The molecule has 1 saturated heterocycles. The van der Waals surface area contributed by atoms with Gasteiger partial charge in [-0.3, -0.25) is 25.1 Å². The van der Waals surface area contributed by atoms with Gasteiger partial charge >= 0.3 is 5.97 Å². The van der Waals surface area contributed by atoms with Crippen molar-refractivity contribution in [2.45, 2.75) is 76.4 Å². The summed E-state index contributed by atoms with van der Waals surface area (Å²) in [7, 11) is 0. The quantitative estimate of drug-likeness (QED) is 0.154. The lowest BCUT2D eigenvalue weighted by atomic mass is 9.84. The van der Waals surface area contributed by atoms with Gasteiger partial charge in [-0.25, -0.2) is 0 Å². The third-order valence-corrected chi connectivity index (χ3v) is 7.50. The van der Waals surface area contributed by atoms with Crippen LogP contribution < -0.4 is 27.0 Å². The summed E-state index contributed by atoms with van der Waals surface area (Å²) in [5, 5.41) is 28.8. The highest BCUT2D eigenvalue weighted by atomic mass is 16.4. The van der Waals surface area contributed by atoms with Crippen LogP contribution in [-0.4, -0.2) is 60.4 Å². The number of nitrogens with one attached hydrogen (secondary N) is 5. The average molecular weight is 515 g/mol. The van der Waals surface area contributed by atoms with Crippen molar-refractivity contribution in [2.24, 2.45) is 17.6 Å². The van der Waals surface area contributed by atoms with E-state index in [4.69, 9.17) is 11.1 Å². The topological polar surface area (TPSA) is 169 Å². The summed E-state index contributed by atoms with van der Waals surface area (Å²) in [5.74, 6) is -0.902. The molecule has 1 aromatic rings. The number of nitrogens with two attached hydrogens (primary N) is 1. The lowest BCUT2D eigenvalue weighted by Crippen LogP contribution is -2.54. The molecular formula is C27H42N6O4. The van der Waals surface area contributed by atoms with E-state index in [9.17, 15) is 19.5 Å². The normalized spacial score (nSPS) is 18.5. The Morgan fingerprint density at radius 3 is 2.19 bits per heavy atom. The lowest BCUT2D eigenvalue weighted by molar-refractivity contribution is -0.136. The summed E-state index contributed by atoms with van der Waals surface area (Å²) in [6, 6.07) is 5.75. The molecular weight excluding hydrogens is 472 g/mol. The van der Waals surface area contributed by atoms with Crippen molar-refractivity contribution >= 4 is 23.6 Å². The van der Waals surface area contributed by atoms with E-state index in [0.29, 0.717) is 36.8 Å². The molecule has 0 aromatic heterocycles. The van der Waals surface area contributed by atoms with Gasteiger partial charge in [-0.05, 0) is 56.2 Å². The van der Waals surface area contributed by atoms with Gasteiger partial charge in [-0.15, -0.1) is 0 Å². The standard InChI is InChI=1S/C27H42N6O4/c28-25(29)21-8-6-20(7-9-21)16-32-26(36)23(15-19-10-12-30-13-11-19)33-27(37)22(31-17-24(34)35)14-18-4-2-1-3-5-18/h6-9,18-19,22-23,30-31H,1-5,10-17H2,(H3,28,29)(H,32,36)(H,33,37)(H,34,35)/t22-,23?/m1/s1. The molecule has 1 unspecified atom stereocenters. The van der Waals surface area contributed by atoms with Crippen LogP contribution >= 0.6 is 0 Å². The van der Waals surface area contributed by atoms with Crippen LogP contribution in [0, 0.1) is 17.2 Å². The van der Waals surface area contributed by atoms with E-state index < -0.39 is 18.1 Å². The predicted octanol–water partition coefficient (Wildman–Crippen LogP) is 1.47. The Bertz CT molecular complexity index is 910. The van der Waals surface area contributed by atoms with Gasteiger partial charge < -0.3 is 26.8 Å². The first kappa shape index (κ1) is 28.6. The van der Waals surface area contributed by atoms with Gasteiger partial charge in [-0.1, -0.05) is 56.4 Å². The van der Waals surface area contributed by atoms with E-state index in [1.807, 2.05) is 12.1 Å². The molecule has 10 nitrogen and oxygen atoms in total. The molecule has 2 atom stereocenters. The van der Waals surface area contributed by atoms with Crippen molar-refractivity contribution in [1.29, 1.82) is 5.41 Å². The number of nitrogen functional groups attached to an aromatic ring is 1. The number of hydrogen-bond donors (Lipinski definition) is 7. The number of carboxylic acid groups (broad SMARTS) is 1. The summed E-state index contributed by atoms with van der Waals surface area (Å²) in [6.07, 6.45) is 8.54. The zero-order valence-corrected chi connectivity index (χ0v) is 21.6. The van der Waals surface area contributed by atoms with Crippen LogP contribution in [0.15, 0.2) is 24.3 Å². The maximum atomic E-state index is 13.4. The Labute approximate surface area is 219 Å². The van der Waals surface area contributed by atoms with Gasteiger partial charge in [0.2, 0.25) is 11.8 Å². The number of amides is 2. The molecule has 2 fully saturated rings. The van der Waals surface area contributed by atoms with Crippen LogP contribution in [0.4, 0.5) is 0 Å². The van der Waals surface area contributed by atoms with E-state index in [1.165, 1.54) is 6.42 Å². The Morgan fingerprint density at radius 2 is 1.57 bits per heavy atom. The van der Waals surface area contributed by atoms with Crippen molar-refractivity contribution in [2.75, 3.05) is 19.6 Å². The largest absolute Gasteiger partial charge is 0.480 e. The number of benzene rings is 1. The highest BCUT2D eigenvalue weighted by molar-refractivity contribution is 5.95. The minimum atomic E-state index is -1.01. The summed E-state index contributed by atoms with van der Waals surface area (Å²) < 4.78 is 0. The van der Waals surface area contributed by atoms with Crippen LogP contribution in [0.1, 0.15) is 68.9 Å². The number of aliphatic carboxylic acids is 1. The van der Waals surface area contributed by atoms with Gasteiger partial charge in [0, 0.05) is 12.1 Å². The average Bonchev–Trinajstić information content (AvgIpc) is 2.90. The second-order valence-corrected chi connectivity index (χ2v) is 10.4. The third kappa shape index (κ3) is 9.77. The van der Waals surface area contributed by atoms with Crippen LogP contribution in [-0.2, 0) is 20.9 Å². The number of carbonyl (C=O) groups is 3.